The van der Waals surface area contributed by atoms with E-state index in [0.717, 1.165) is 34.6 Å². The molecule has 0 aliphatic carbocycles. The molecule has 0 fully saturated rings. The van der Waals surface area contributed by atoms with E-state index in [1.54, 1.807) is 23.7 Å². The predicted octanol–water partition coefficient (Wildman–Crippen LogP) is 4.72. The van der Waals surface area contributed by atoms with Gasteiger partial charge in [-0.1, -0.05) is 30.3 Å². The molecule has 0 amide bonds. The van der Waals surface area contributed by atoms with Gasteiger partial charge in [-0.15, -0.1) is 11.3 Å². The molecule has 1 N–H and O–H groups in total. The molecular formula is C20H18N4S. The number of hydrogen-bond donors (Lipinski definition) is 1. The Morgan fingerprint density at radius 1 is 1.04 bits per heavy atom. The van der Waals surface area contributed by atoms with Gasteiger partial charge in [-0.05, 0) is 37.1 Å². The summed E-state index contributed by atoms with van der Waals surface area (Å²) in [6.45, 7) is 2.93. The summed E-state index contributed by atoms with van der Waals surface area (Å²) in [4.78, 5) is 15.9. The maximum Gasteiger partial charge on any atom is 0.164 e. The van der Waals surface area contributed by atoms with Gasteiger partial charge in [-0.3, -0.25) is 4.98 Å². The van der Waals surface area contributed by atoms with E-state index >= 15 is 0 Å². The lowest BCUT2D eigenvalue weighted by Gasteiger charge is -2.09. The van der Waals surface area contributed by atoms with E-state index in [9.17, 15) is 0 Å². The van der Waals surface area contributed by atoms with Crippen LogP contribution < -0.4 is 5.32 Å². The van der Waals surface area contributed by atoms with Gasteiger partial charge in [0.05, 0.1) is 5.39 Å². The Bertz CT molecular complexity index is 981. The van der Waals surface area contributed by atoms with Gasteiger partial charge < -0.3 is 5.32 Å². The van der Waals surface area contributed by atoms with Crippen molar-refractivity contribution in [2.24, 2.45) is 0 Å². The minimum atomic E-state index is 0.713. The molecule has 0 bridgehead atoms. The second-order valence-electron chi connectivity index (χ2n) is 5.88. The first-order chi connectivity index (χ1) is 12.3. The van der Waals surface area contributed by atoms with Crippen molar-refractivity contribution in [2.45, 2.75) is 13.3 Å². The average molecular weight is 346 g/mol. The fourth-order valence-electron chi connectivity index (χ4n) is 2.77. The van der Waals surface area contributed by atoms with Gasteiger partial charge >= 0.3 is 0 Å². The molecule has 3 heterocycles. The lowest BCUT2D eigenvalue weighted by atomic mass is 10.1. The third-order valence-corrected chi connectivity index (χ3v) is 4.93. The molecule has 5 heteroatoms. The summed E-state index contributed by atoms with van der Waals surface area (Å²) in [5, 5.41) is 4.58. The highest BCUT2D eigenvalue weighted by molar-refractivity contribution is 7.18. The molecule has 0 spiro atoms. The summed E-state index contributed by atoms with van der Waals surface area (Å²) in [6, 6.07) is 16.5. The van der Waals surface area contributed by atoms with Gasteiger partial charge in [0, 0.05) is 29.4 Å². The summed E-state index contributed by atoms with van der Waals surface area (Å²) in [7, 11) is 0. The molecule has 0 aliphatic heterocycles. The Balaban J connectivity index is 1.64. The quantitative estimate of drug-likeness (QED) is 0.568. The minimum Gasteiger partial charge on any atom is -0.369 e. The molecule has 3 aromatic heterocycles. The van der Waals surface area contributed by atoms with Crippen LogP contribution >= 0.6 is 11.3 Å². The third kappa shape index (κ3) is 3.51. The molecule has 0 radical (unpaired) electrons. The lowest BCUT2D eigenvalue weighted by Crippen LogP contribution is -2.07. The highest BCUT2D eigenvalue weighted by Crippen LogP contribution is 2.30. The number of nitrogens with zero attached hydrogens (tertiary/aromatic N) is 3. The third-order valence-electron chi connectivity index (χ3n) is 3.98. The Morgan fingerprint density at radius 3 is 2.72 bits per heavy atom. The normalized spacial score (nSPS) is 10.9. The number of aromatic nitrogens is 3. The largest absolute Gasteiger partial charge is 0.369 e. The average Bonchev–Trinajstić information content (AvgIpc) is 3.03. The molecule has 4 nitrogen and oxygen atoms in total. The van der Waals surface area contributed by atoms with Gasteiger partial charge in [0.25, 0.3) is 0 Å². The summed E-state index contributed by atoms with van der Waals surface area (Å²) in [6.07, 6.45) is 4.52. The molecule has 0 atom stereocenters. The Labute approximate surface area is 150 Å². The SMILES string of the molecule is Cc1cc2c(NCCc3ccccc3)nc(-c3cccnc3)nc2s1. The summed E-state index contributed by atoms with van der Waals surface area (Å²) >= 11 is 1.69. The summed E-state index contributed by atoms with van der Waals surface area (Å²) in [5.41, 5.74) is 2.25. The number of nitrogens with one attached hydrogen (secondary N) is 1. The first-order valence-electron chi connectivity index (χ1n) is 8.26. The van der Waals surface area contributed by atoms with Gasteiger partial charge in [0.2, 0.25) is 0 Å². The lowest BCUT2D eigenvalue weighted by molar-refractivity contribution is 1.01. The van der Waals surface area contributed by atoms with Crippen molar-refractivity contribution in [1.82, 2.24) is 15.0 Å². The predicted molar refractivity (Wildman–Crippen MR) is 104 cm³/mol. The number of pyridine rings is 1. The fourth-order valence-corrected chi connectivity index (χ4v) is 3.65. The van der Waals surface area contributed by atoms with Crippen LogP contribution in [0.2, 0.25) is 0 Å². The zero-order valence-corrected chi connectivity index (χ0v) is 14.8. The highest BCUT2D eigenvalue weighted by Gasteiger charge is 2.12. The van der Waals surface area contributed by atoms with Crippen molar-refractivity contribution in [2.75, 3.05) is 11.9 Å². The van der Waals surface area contributed by atoms with Crippen molar-refractivity contribution in [3.05, 3.63) is 71.4 Å². The molecule has 4 aromatic rings. The highest BCUT2D eigenvalue weighted by atomic mass is 32.1. The molecule has 0 saturated carbocycles. The first kappa shape index (κ1) is 15.7. The van der Waals surface area contributed by atoms with Crippen molar-refractivity contribution >= 4 is 27.4 Å². The Hall–Kier alpha value is -2.79. The van der Waals surface area contributed by atoms with Crippen molar-refractivity contribution in [3.63, 3.8) is 0 Å². The van der Waals surface area contributed by atoms with Crippen molar-refractivity contribution in [3.8, 4) is 11.4 Å². The fraction of sp³-hybridized carbons (Fsp3) is 0.150. The Morgan fingerprint density at radius 2 is 1.92 bits per heavy atom. The number of hydrogen-bond acceptors (Lipinski definition) is 5. The molecular weight excluding hydrogens is 328 g/mol. The standard InChI is InChI=1S/C20H18N4S/c1-14-12-17-19(22-11-9-15-6-3-2-4-7-15)23-18(24-20(17)25-14)16-8-5-10-21-13-16/h2-8,10,12-13H,9,11H2,1H3,(H,22,23,24). The van der Waals surface area contributed by atoms with E-state index in [-0.39, 0.29) is 0 Å². The van der Waals surface area contributed by atoms with Crippen LogP contribution in [0.3, 0.4) is 0 Å². The zero-order chi connectivity index (χ0) is 17.1. The number of thiophene rings is 1. The van der Waals surface area contributed by atoms with Gasteiger partial charge in [-0.25, -0.2) is 9.97 Å². The zero-order valence-electron chi connectivity index (χ0n) is 13.9. The van der Waals surface area contributed by atoms with E-state index in [1.165, 1.54) is 10.4 Å². The summed E-state index contributed by atoms with van der Waals surface area (Å²) in [5.74, 6) is 1.61. The molecule has 0 unspecified atom stereocenters. The maximum atomic E-state index is 4.76. The van der Waals surface area contributed by atoms with E-state index < -0.39 is 0 Å². The van der Waals surface area contributed by atoms with Crippen LogP contribution in [0.4, 0.5) is 5.82 Å². The second-order valence-corrected chi connectivity index (χ2v) is 7.11. The molecule has 4 rings (SSSR count). The van der Waals surface area contributed by atoms with Crippen molar-refractivity contribution in [1.29, 1.82) is 0 Å². The Kier molecular flexibility index (Phi) is 4.39. The van der Waals surface area contributed by atoms with Crippen LogP contribution in [0.5, 0.6) is 0 Å². The van der Waals surface area contributed by atoms with Gasteiger partial charge in [0.15, 0.2) is 5.82 Å². The number of fused-ring (bicyclic) bond motifs is 1. The first-order valence-corrected chi connectivity index (χ1v) is 9.07. The maximum absolute atomic E-state index is 4.76. The van der Waals surface area contributed by atoms with Crippen LogP contribution in [0.25, 0.3) is 21.6 Å². The molecule has 124 valence electrons. The number of anilines is 1. The van der Waals surface area contributed by atoms with Gasteiger partial charge in [-0.2, -0.15) is 0 Å². The monoisotopic (exact) mass is 346 g/mol. The van der Waals surface area contributed by atoms with Crippen molar-refractivity contribution < 1.29 is 0 Å². The molecule has 1 aromatic carbocycles. The van der Waals surface area contributed by atoms with Crippen LogP contribution in [-0.2, 0) is 6.42 Å². The number of aryl methyl sites for hydroxylation is 1. The number of rotatable bonds is 5. The minimum absolute atomic E-state index is 0.713. The summed E-state index contributed by atoms with van der Waals surface area (Å²) < 4.78 is 0. The number of benzene rings is 1. The van der Waals surface area contributed by atoms with Crippen LogP contribution in [-0.4, -0.2) is 21.5 Å². The van der Waals surface area contributed by atoms with Crippen LogP contribution in [0.1, 0.15) is 10.4 Å². The topological polar surface area (TPSA) is 50.7 Å². The van der Waals surface area contributed by atoms with Crippen LogP contribution in [0, 0.1) is 6.92 Å². The molecule has 25 heavy (non-hydrogen) atoms. The van der Waals surface area contributed by atoms with E-state index in [2.05, 4.69) is 47.6 Å². The van der Waals surface area contributed by atoms with E-state index in [4.69, 9.17) is 9.97 Å². The second kappa shape index (κ2) is 6.99. The molecule has 0 saturated heterocycles. The molecule has 0 aliphatic rings. The van der Waals surface area contributed by atoms with Crippen LogP contribution in [0.15, 0.2) is 60.9 Å². The smallest absolute Gasteiger partial charge is 0.164 e. The van der Waals surface area contributed by atoms with Gasteiger partial charge in [0.1, 0.15) is 10.6 Å². The van der Waals surface area contributed by atoms with E-state index in [1.807, 2.05) is 18.2 Å². The van der Waals surface area contributed by atoms with E-state index in [0.29, 0.717) is 5.82 Å².